The predicted molar refractivity (Wildman–Crippen MR) is 69.6 cm³/mol. The molecule has 0 aliphatic heterocycles. The van der Waals surface area contributed by atoms with Crippen molar-refractivity contribution in [3.05, 3.63) is 0 Å². The summed E-state index contributed by atoms with van der Waals surface area (Å²) in [5, 5.41) is 12.0. The summed E-state index contributed by atoms with van der Waals surface area (Å²) in [7, 11) is 0. The molecule has 0 aliphatic carbocycles. The lowest BCUT2D eigenvalue weighted by molar-refractivity contribution is -0.138. The molecule has 5 nitrogen and oxygen atoms in total. The zero-order chi connectivity index (χ0) is 13.3. The molecule has 0 amide bonds. The van der Waals surface area contributed by atoms with Gasteiger partial charge in [0.1, 0.15) is 6.04 Å². The minimum Gasteiger partial charge on any atom is -0.480 e. The van der Waals surface area contributed by atoms with E-state index in [1.54, 1.807) is 0 Å². The smallest absolute Gasteiger partial charge is 0.320 e. The van der Waals surface area contributed by atoms with Crippen molar-refractivity contribution in [2.45, 2.75) is 70.6 Å². The van der Waals surface area contributed by atoms with E-state index in [4.69, 9.17) is 16.6 Å². The highest BCUT2D eigenvalue weighted by Gasteiger charge is 2.12. The first-order valence-corrected chi connectivity index (χ1v) is 6.47. The lowest BCUT2D eigenvalue weighted by atomic mass is 10.0. The summed E-state index contributed by atoms with van der Waals surface area (Å²) in [4.78, 5) is 10.5. The molecule has 6 N–H and O–H groups in total. The summed E-state index contributed by atoms with van der Waals surface area (Å²) in [5.74, 6) is -0.913. The second kappa shape index (κ2) is 9.39. The summed E-state index contributed by atoms with van der Waals surface area (Å²) in [6, 6.07) is -0.290. The van der Waals surface area contributed by atoms with Crippen molar-refractivity contribution >= 4 is 5.97 Å². The van der Waals surface area contributed by atoms with Crippen LogP contribution in [0.3, 0.4) is 0 Å². The van der Waals surface area contributed by atoms with Crippen molar-refractivity contribution in [3.63, 3.8) is 0 Å². The zero-order valence-electron chi connectivity index (χ0n) is 11.0. The molecule has 3 unspecified atom stereocenters. The van der Waals surface area contributed by atoms with Crippen molar-refractivity contribution in [1.82, 2.24) is 5.32 Å². The number of carboxylic acids is 1. The molecular weight excluding hydrogens is 218 g/mol. The van der Waals surface area contributed by atoms with Gasteiger partial charge in [-0.05, 0) is 26.2 Å². The van der Waals surface area contributed by atoms with E-state index >= 15 is 0 Å². The standard InChI is InChI=1S/C12H27N3O2/c1-3-6-10(15-9(2)13)7-4-5-8-11(14)12(16)17/h9-11,15H,3-8,13-14H2,1-2H3,(H,16,17). The molecule has 0 bridgehead atoms. The van der Waals surface area contributed by atoms with E-state index < -0.39 is 12.0 Å². The minimum atomic E-state index is -0.913. The molecule has 0 aromatic rings. The lowest BCUT2D eigenvalue weighted by Gasteiger charge is -2.20. The molecule has 0 fully saturated rings. The van der Waals surface area contributed by atoms with E-state index in [9.17, 15) is 4.79 Å². The molecule has 102 valence electrons. The minimum absolute atomic E-state index is 0.00725. The molecule has 3 atom stereocenters. The van der Waals surface area contributed by atoms with Gasteiger partial charge in [-0.1, -0.05) is 26.2 Å². The number of carbonyl (C=O) groups is 1. The van der Waals surface area contributed by atoms with Gasteiger partial charge in [-0.3, -0.25) is 10.1 Å². The lowest BCUT2D eigenvalue weighted by Crippen LogP contribution is -2.41. The van der Waals surface area contributed by atoms with E-state index in [0.29, 0.717) is 12.5 Å². The van der Waals surface area contributed by atoms with E-state index in [2.05, 4.69) is 12.2 Å². The van der Waals surface area contributed by atoms with Crippen molar-refractivity contribution in [2.75, 3.05) is 0 Å². The van der Waals surface area contributed by atoms with Crippen LogP contribution >= 0.6 is 0 Å². The van der Waals surface area contributed by atoms with Gasteiger partial charge >= 0.3 is 5.97 Å². The fourth-order valence-electron chi connectivity index (χ4n) is 1.91. The van der Waals surface area contributed by atoms with Crippen LogP contribution in [0.15, 0.2) is 0 Å². The fraction of sp³-hybridized carbons (Fsp3) is 0.917. The Morgan fingerprint density at radius 1 is 1.24 bits per heavy atom. The Labute approximate surface area is 104 Å². The summed E-state index contributed by atoms with van der Waals surface area (Å²) in [6.07, 6.45) is 5.66. The van der Waals surface area contributed by atoms with Gasteiger partial charge < -0.3 is 16.6 Å². The molecule has 0 spiro atoms. The molecule has 0 saturated carbocycles. The average molecular weight is 245 g/mol. The number of unbranched alkanes of at least 4 members (excludes halogenated alkanes) is 1. The fourth-order valence-corrected chi connectivity index (χ4v) is 1.91. The van der Waals surface area contributed by atoms with Gasteiger partial charge in [0.05, 0.1) is 6.17 Å². The summed E-state index contributed by atoms with van der Waals surface area (Å²) >= 11 is 0. The molecule has 0 aromatic heterocycles. The van der Waals surface area contributed by atoms with Gasteiger partial charge in [0.2, 0.25) is 0 Å². The first-order valence-electron chi connectivity index (χ1n) is 6.47. The number of hydrogen-bond donors (Lipinski definition) is 4. The SMILES string of the molecule is CCCC(CCCCC(N)C(=O)O)NC(C)N. The van der Waals surface area contributed by atoms with Gasteiger partial charge in [-0.2, -0.15) is 0 Å². The number of carboxylic acid groups (broad SMARTS) is 1. The Morgan fingerprint density at radius 2 is 1.82 bits per heavy atom. The van der Waals surface area contributed by atoms with Crippen LogP contribution in [0, 0.1) is 0 Å². The maximum absolute atomic E-state index is 10.5. The Balaban J connectivity index is 3.70. The number of nitrogens with one attached hydrogen (secondary N) is 1. The number of aliphatic carboxylic acids is 1. The van der Waals surface area contributed by atoms with Crippen LogP contribution < -0.4 is 16.8 Å². The van der Waals surface area contributed by atoms with Crippen LogP contribution in [-0.2, 0) is 4.79 Å². The maximum atomic E-state index is 10.5. The quantitative estimate of drug-likeness (QED) is 0.340. The first kappa shape index (κ1) is 16.4. The molecule has 0 rings (SSSR count). The van der Waals surface area contributed by atoms with E-state index in [1.165, 1.54) is 0 Å². The van der Waals surface area contributed by atoms with Gasteiger partial charge in [0.15, 0.2) is 0 Å². The second-order valence-electron chi connectivity index (χ2n) is 4.67. The van der Waals surface area contributed by atoms with Gasteiger partial charge in [0, 0.05) is 6.04 Å². The normalized spacial score (nSPS) is 16.5. The zero-order valence-corrected chi connectivity index (χ0v) is 11.0. The topological polar surface area (TPSA) is 101 Å². The molecule has 5 heteroatoms. The molecule has 0 radical (unpaired) electrons. The average Bonchev–Trinajstić information content (AvgIpc) is 2.23. The van der Waals surface area contributed by atoms with Gasteiger partial charge in [0.25, 0.3) is 0 Å². The first-order chi connectivity index (χ1) is 7.97. The Bertz CT molecular complexity index is 210. The highest BCUT2D eigenvalue weighted by atomic mass is 16.4. The second-order valence-corrected chi connectivity index (χ2v) is 4.67. The van der Waals surface area contributed by atoms with Crippen LogP contribution in [0.5, 0.6) is 0 Å². The third-order valence-electron chi connectivity index (χ3n) is 2.77. The molecule has 0 aliphatic rings. The van der Waals surface area contributed by atoms with Crippen molar-refractivity contribution < 1.29 is 9.90 Å². The third kappa shape index (κ3) is 9.09. The predicted octanol–water partition coefficient (Wildman–Crippen LogP) is 1.02. The monoisotopic (exact) mass is 245 g/mol. The van der Waals surface area contributed by atoms with Gasteiger partial charge in [-0.15, -0.1) is 0 Å². The van der Waals surface area contributed by atoms with Crippen molar-refractivity contribution in [2.24, 2.45) is 11.5 Å². The number of rotatable bonds is 10. The Morgan fingerprint density at radius 3 is 2.29 bits per heavy atom. The number of hydrogen-bond acceptors (Lipinski definition) is 4. The van der Waals surface area contributed by atoms with Crippen LogP contribution in [0.25, 0.3) is 0 Å². The largest absolute Gasteiger partial charge is 0.480 e. The third-order valence-corrected chi connectivity index (χ3v) is 2.77. The molecule has 0 saturated heterocycles. The van der Waals surface area contributed by atoms with Crippen molar-refractivity contribution in [3.8, 4) is 0 Å². The maximum Gasteiger partial charge on any atom is 0.320 e. The molecule has 0 heterocycles. The van der Waals surface area contributed by atoms with Crippen LogP contribution in [0.4, 0.5) is 0 Å². The van der Waals surface area contributed by atoms with E-state index in [1.807, 2.05) is 6.92 Å². The van der Waals surface area contributed by atoms with Crippen LogP contribution in [-0.4, -0.2) is 29.3 Å². The Hall–Kier alpha value is -0.650. The molecule has 17 heavy (non-hydrogen) atoms. The Kier molecular flexibility index (Phi) is 9.03. The summed E-state index contributed by atoms with van der Waals surface area (Å²) in [6.45, 7) is 4.08. The van der Waals surface area contributed by atoms with Gasteiger partial charge in [-0.25, -0.2) is 0 Å². The number of nitrogens with two attached hydrogens (primary N) is 2. The van der Waals surface area contributed by atoms with Crippen LogP contribution in [0.2, 0.25) is 0 Å². The van der Waals surface area contributed by atoms with Crippen LogP contribution in [0.1, 0.15) is 52.4 Å². The molecular formula is C12H27N3O2. The van der Waals surface area contributed by atoms with Crippen molar-refractivity contribution in [1.29, 1.82) is 0 Å². The van der Waals surface area contributed by atoms with E-state index in [0.717, 1.165) is 32.1 Å². The highest BCUT2D eigenvalue weighted by Crippen LogP contribution is 2.09. The summed E-state index contributed by atoms with van der Waals surface area (Å²) in [5.41, 5.74) is 11.1. The highest BCUT2D eigenvalue weighted by molar-refractivity contribution is 5.72. The summed E-state index contributed by atoms with van der Waals surface area (Å²) < 4.78 is 0. The van der Waals surface area contributed by atoms with E-state index in [-0.39, 0.29) is 6.17 Å². The molecule has 0 aromatic carbocycles.